The lowest BCUT2D eigenvalue weighted by Gasteiger charge is -2.34. The highest BCUT2D eigenvalue weighted by atomic mass is 79.9. The van der Waals surface area contributed by atoms with Gasteiger partial charge in [-0.25, -0.2) is 4.79 Å². The summed E-state index contributed by atoms with van der Waals surface area (Å²) in [5.74, 6) is -0.0542. The third-order valence-corrected chi connectivity index (χ3v) is 5.43. The molecule has 0 spiro atoms. The Balaban J connectivity index is 2.14. The van der Waals surface area contributed by atoms with Crippen LogP contribution in [0, 0.1) is 0 Å². The summed E-state index contributed by atoms with van der Waals surface area (Å²) in [5, 5.41) is 4.02. The van der Waals surface area contributed by atoms with Crippen LogP contribution in [0.15, 0.2) is 21.7 Å². The van der Waals surface area contributed by atoms with Gasteiger partial charge in [0, 0.05) is 27.4 Å². The molecule has 3 unspecified atom stereocenters. The summed E-state index contributed by atoms with van der Waals surface area (Å²) < 4.78 is 5.74. The quantitative estimate of drug-likeness (QED) is 0.338. The zero-order chi connectivity index (χ0) is 16.7. The van der Waals surface area contributed by atoms with Crippen molar-refractivity contribution in [3.05, 3.63) is 38.2 Å². The van der Waals surface area contributed by atoms with Crippen molar-refractivity contribution in [2.45, 2.75) is 50.7 Å². The summed E-state index contributed by atoms with van der Waals surface area (Å²) in [6, 6.07) is 4.14. The maximum Gasteiger partial charge on any atom is 0.337 e. The zero-order valence-corrected chi connectivity index (χ0v) is 14.9. The Morgan fingerprint density at radius 1 is 1.48 bits per heavy atom. The smallest absolute Gasteiger partial charge is 0.337 e. The summed E-state index contributed by atoms with van der Waals surface area (Å²) in [6.07, 6.45) is 1.84. The lowest BCUT2D eigenvalue weighted by Crippen LogP contribution is -2.43. The van der Waals surface area contributed by atoms with Crippen molar-refractivity contribution >= 4 is 27.6 Å². The average Bonchev–Trinajstić information content (AvgIpc) is 3.06. The highest BCUT2D eigenvalue weighted by molar-refractivity contribution is 9.10. The summed E-state index contributed by atoms with van der Waals surface area (Å²) in [5.41, 5.74) is 11.7. The Labute approximate surface area is 143 Å². The fraction of sp³-hybridized carbons (Fsp3) is 0.562. The number of esters is 1. The van der Waals surface area contributed by atoms with E-state index in [4.69, 9.17) is 10.3 Å². The number of fused-ring (bicyclic) bond motifs is 3. The number of methoxy groups -OCH3 is 1. The number of halogens is 1. The summed E-state index contributed by atoms with van der Waals surface area (Å²) in [4.78, 5) is 17.3. The second-order valence-corrected chi connectivity index (χ2v) is 7.19. The van der Waals surface area contributed by atoms with Crippen molar-refractivity contribution in [3.63, 3.8) is 0 Å². The Hall–Kier alpha value is -1.72. The van der Waals surface area contributed by atoms with E-state index in [1.54, 1.807) is 0 Å². The zero-order valence-electron chi connectivity index (χ0n) is 13.4. The maximum absolute atomic E-state index is 11.9. The van der Waals surface area contributed by atoms with E-state index >= 15 is 0 Å². The van der Waals surface area contributed by atoms with E-state index in [-0.39, 0.29) is 30.0 Å². The van der Waals surface area contributed by atoms with Crippen LogP contribution in [0.3, 0.4) is 0 Å². The number of carbonyl (C=O) groups excluding carboxylic acids is 1. The topological polar surface area (TPSA) is 78.3 Å². The lowest BCUT2D eigenvalue weighted by molar-refractivity contribution is 0.0600. The first kappa shape index (κ1) is 16.1. The number of carbonyl (C=O) groups is 1. The fourth-order valence-electron chi connectivity index (χ4n) is 4.03. The third kappa shape index (κ3) is 2.48. The number of rotatable bonds is 3. The molecule has 1 aliphatic heterocycles. The van der Waals surface area contributed by atoms with Crippen LogP contribution in [0.1, 0.15) is 48.5 Å². The Morgan fingerprint density at radius 3 is 2.83 bits per heavy atom. The summed E-state index contributed by atoms with van der Waals surface area (Å²) >= 11 is 3.62. The van der Waals surface area contributed by atoms with Gasteiger partial charge in [-0.1, -0.05) is 5.11 Å². The molecule has 0 aromatic heterocycles. The van der Waals surface area contributed by atoms with E-state index in [1.807, 2.05) is 12.1 Å². The third-order valence-electron chi connectivity index (χ3n) is 4.83. The van der Waals surface area contributed by atoms with E-state index in [2.05, 4.69) is 44.7 Å². The molecule has 0 N–H and O–H groups in total. The van der Waals surface area contributed by atoms with Gasteiger partial charge < -0.3 is 9.64 Å². The highest BCUT2D eigenvalue weighted by Gasteiger charge is 2.48. The predicted molar refractivity (Wildman–Crippen MR) is 91.8 cm³/mol. The van der Waals surface area contributed by atoms with Crippen LogP contribution in [0.25, 0.3) is 10.4 Å². The molecular weight excluding hydrogens is 360 g/mol. The number of nitrogens with zero attached hydrogens (tertiary/aromatic N) is 4. The van der Waals surface area contributed by atoms with Crippen molar-refractivity contribution in [2.24, 2.45) is 5.11 Å². The van der Waals surface area contributed by atoms with Crippen molar-refractivity contribution in [1.29, 1.82) is 0 Å². The number of hydrogen-bond donors (Lipinski definition) is 0. The highest BCUT2D eigenvalue weighted by Crippen LogP contribution is 2.53. The first-order valence-electron chi connectivity index (χ1n) is 7.73. The predicted octanol–water partition coefficient (Wildman–Crippen LogP) is 4.39. The molecule has 2 aliphatic rings. The number of azide groups is 1. The summed E-state index contributed by atoms with van der Waals surface area (Å²) in [6.45, 7) is 4.27. The van der Waals surface area contributed by atoms with Crippen LogP contribution < -0.4 is 4.90 Å². The maximum atomic E-state index is 11.9. The largest absolute Gasteiger partial charge is 0.465 e. The molecule has 1 aromatic rings. The van der Waals surface area contributed by atoms with Crippen molar-refractivity contribution in [2.75, 3.05) is 12.0 Å². The Morgan fingerprint density at radius 2 is 2.22 bits per heavy atom. The van der Waals surface area contributed by atoms with Crippen LogP contribution in [0.2, 0.25) is 0 Å². The van der Waals surface area contributed by atoms with Gasteiger partial charge in [-0.15, -0.1) is 0 Å². The van der Waals surface area contributed by atoms with Gasteiger partial charge in [-0.3, -0.25) is 0 Å². The molecule has 7 heteroatoms. The first-order chi connectivity index (χ1) is 11.0. The van der Waals surface area contributed by atoms with Crippen LogP contribution in [-0.2, 0) is 4.74 Å². The van der Waals surface area contributed by atoms with Gasteiger partial charge in [0.2, 0.25) is 0 Å². The molecule has 6 nitrogen and oxygen atoms in total. The average molecular weight is 379 g/mol. The van der Waals surface area contributed by atoms with E-state index < -0.39 is 0 Å². The Kier molecular flexibility index (Phi) is 4.25. The van der Waals surface area contributed by atoms with Crippen LogP contribution in [-0.4, -0.2) is 31.2 Å². The molecule has 0 amide bonds. The Bertz CT molecular complexity index is 700. The minimum absolute atomic E-state index is 0.0340. The molecule has 1 fully saturated rings. The molecule has 1 heterocycles. The van der Waals surface area contributed by atoms with Crippen molar-refractivity contribution in [3.8, 4) is 0 Å². The van der Waals surface area contributed by atoms with Crippen LogP contribution >= 0.6 is 15.9 Å². The molecule has 0 radical (unpaired) electrons. The van der Waals surface area contributed by atoms with Gasteiger partial charge in [0.25, 0.3) is 0 Å². The fourth-order valence-corrected chi connectivity index (χ4v) is 4.71. The normalized spacial score (nSPS) is 25.1. The lowest BCUT2D eigenvalue weighted by atomic mass is 9.95. The van der Waals surface area contributed by atoms with Gasteiger partial charge in [-0.2, -0.15) is 0 Å². The van der Waals surface area contributed by atoms with Gasteiger partial charge in [0.1, 0.15) is 0 Å². The molecule has 1 aromatic carbocycles. The van der Waals surface area contributed by atoms with E-state index in [1.165, 1.54) is 7.11 Å². The van der Waals surface area contributed by atoms with Crippen LogP contribution in [0.5, 0.6) is 0 Å². The molecule has 23 heavy (non-hydrogen) atoms. The standard InChI is InChI=1S/C16H19BrN4O2/c1-8(2)21-14-11(6-9(7-12(14)17)16(22)23-3)10-4-5-13(15(10)21)19-20-18/h6-8,10,13,15H,4-5H2,1-3H3. The minimum atomic E-state index is -0.336. The van der Waals surface area contributed by atoms with E-state index in [9.17, 15) is 4.79 Å². The monoisotopic (exact) mass is 378 g/mol. The second kappa shape index (κ2) is 6.06. The van der Waals surface area contributed by atoms with Gasteiger partial charge in [0.15, 0.2) is 0 Å². The van der Waals surface area contributed by atoms with E-state index in [0.717, 1.165) is 28.6 Å². The van der Waals surface area contributed by atoms with Gasteiger partial charge in [0.05, 0.1) is 24.4 Å². The number of ether oxygens (including phenoxy) is 1. The number of benzene rings is 1. The van der Waals surface area contributed by atoms with Gasteiger partial charge >= 0.3 is 5.97 Å². The molecule has 1 aliphatic carbocycles. The minimum Gasteiger partial charge on any atom is -0.465 e. The van der Waals surface area contributed by atoms with Crippen molar-refractivity contribution in [1.82, 2.24) is 0 Å². The summed E-state index contributed by atoms with van der Waals surface area (Å²) in [7, 11) is 1.39. The molecule has 3 atom stereocenters. The molecule has 122 valence electrons. The SMILES string of the molecule is COC(=O)c1cc(Br)c2c(c1)C1CCC(N=[N+]=[N-])C1N2C(C)C. The molecular formula is C16H19BrN4O2. The number of anilines is 1. The van der Waals surface area contributed by atoms with E-state index in [0.29, 0.717) is 5.56 Å². The molecule has 1 saturated carbocycles. The number of hydrogen-bond acceptors (Lipinski definition) is 4. The second-order valence-electron chi connectivity index (χ2n) is 6.34. The van der Waals surface area contributed by atoms with Crippen molar-refractivity contribution < 1.29 is 9.53 Å². The molecule has 3 rings (SSSR count). The molecule has 0 bridgehead atoms. The first-order valence-corrected chi connectivity index (χ1v) is 8.53. The van der Waals surface area contributed by atoms with Crippen LogP contribution in [0.4, 0.5) is 5.69 Å². The van der Waals surface area contributed by atoms with Gasteiger partial charge in [-0.05, 0) is 65.8 Å². The molecule has 0 saturated heterocycles.